The van der Waals surface area contributed by atoms with Crippen molar-refractivity contribution in [2.45, 2.75) is 39.0 Å². The molecule has 0 aliphatic rings. The summed E-state index contributed by atoms with van der Waals surface area (Å²) in [6.45, 7) is 5.91. The van der Waals surface area contributed by atoms with Crippen molar-refractivity contribution in [2.24, 2.45) is 5.92 Å². The molecule has 0 spiro atoms. The zero-order valence-electron chi connectivity index (χ0n) is 12.8. The molecule has 0 unspecified atom stereocenters. The molecule has 0 saturated heterocycles. The molecule has 1 amide bonds. The number of rotatable bonds is 8. The average Bonchev–Trinajstić information content (AvgIpc) is 2.37. The fourth-order valence-corrected chi connectivity index (χ4v) is 2.78. The summed E-state index contributed by atoms with van der Waals surface area (Å²) in [4.78, 5) is 22.9. The molecule has 0 bridgehead atoms. The molecule has 0 radical (unpaired) electrons. The van der Waals surface area contributed by atoms with Crippen molar-refractivity contribution < 1.29 is 14.7 Å². The Labute approximate surface area is 130 Å². The van der Waals surface area contributed by atoms with E-state index in [-0.39, 0.29) is 17.6 Å². The first-order valence-corrected chi connectivity index (χ1v) is 8.19. The lowest BCUT2D eigenvalue weighted by atomic mass is 10.0. The van der Waals surface area contributed by atoms with Crippen molar-refractivity contribution in [3.63, 3.8) is 0 Å². The molecule has 0 saturated carbocycles. The third kappa shape index (κ3) is 7.18. The van der Waals surface area contributed by atoms with Crippen LogP contribution in [0, 0.1) is 12.8 Å². The van der Waals surface area contributed by atoms with Gasteiger partial charge in [0, 0.05) is 5.75 Å². The smallest absolute Gasteiger partial charge is 0.326 e. The van der Waals surface area contributed by atoms with Gasteiger partial charge in [-0.05, 0) is 24.8 Å². The summed E-state index contributed by atoms with van der Waals surface area (Å²) in [5.74, 6) is 0.0557. The van der Waals surface area contributed by atoms with E-state index in [1.807, 2.05) is 39.0 Å². The Morgan fingerprint density at radius 3 is 2.62 bits per heavy atom. The molecule has 0 aliphatic carbocycles. The van der Waals surface area contributed by atoms with Gasteiger partial charge in [0.05, 0.1) is 5.75 Å². The second kappa shape index (κ2) is 8.72. The molecule has 2 N–H and O–H groups in total. The van der Waals surface area contributed by atoms with Gasteiger partial charge < -0.3 is 10.4 Å². The van der Waals surface area contributed by atoms with Gasteiger partial charge in [0.25, 0.3) is 0 Å². The third-order valence-electron chi connectivity index (χ3n) is 2.92. The largest absolute Gasteiger partial charge is 0.480 e. The van der Waals surface area contributed by atoms with Crippen LogP contribution in [0.25, 0.3) is 0 Å². The van der Waals surface area contributed by atoms with E-state index in [0.717, 1.165) is 5.75 Å². The van der Waals surface area contributed by atoms with E-state index >= 15 is 0 Å². The van der Waals surface area contributed by atoms with Crippen LogP contribution in [0.1, 0.15) is 31.4 Å². The molecule has 1 rings (SSSR count). The molecule has 1 aromatic rings. The molecular weight excluding hydrogens is 286 g/mol. The molecule has 4 nitrogen and oxygen atoms in total. The number of hydrogen-bond acceptors (Lipinski definition) is 3. The van der Waals surface area contributed by atoms with Crippen molar-refractivity contribution in [3.8, 4) is 0 Å². The van der Waals surface area contributed by atoms with Crippen molar-refractivity contribution in [2.75, 3.05) is 5.75 Å². The molecule has 0 heterocycles. The SMILES string of the molecule is Cc1cccc(CSCC(=O)N[C@@H](CC(C)C)C(=O)O)c1. The van der Waals surface area contributed by atoms with Gasteiger partial charge in [-0.2, -0.15) is 0 Å². The normalized spacial score (nSPS) is 12.2. The van der Waals surface area contributed by atoms with Crippen molar-refractivity contribution in [1.29, 1.82) is 0 Å². The second-order valence-electron chi connectivity index (χ2n) is 5.57. The highest BCUT2D eigenvalue weighted by molar-refractivity contribution is 7.99. The Kier molecular flexibility index (Phi) is 7.29. The zero-order valence-corrected chi connectivity index (χ0v) is 13.6. The number of amides is 1. The number of hydrogen-bond donors (Lipinski definition) is 2. The Bertz CT molecular complexity index is 488. The zero-order chi connectivity index (χ0) is 15.8. The molecular formula is C16H23NO3S. The first-order valence-electron chi connectivity index (χ1n) is 7.04. The first-order chi connectivity index (χ1) is 9.88. The Balaban J connectivity index is 2.37. The maximum atomic E-state index is 11.8. The Hall–Kier alpha value is -1.49. The summed E-state index contributed by atoms with van der Waals surface area (Å²) >= 11 is 1.49. The predicted octanol–water partition coefficient (Wildman–Crippen LogP) is 2.84. The van der Waals surface area contributed by atoms with Crippen LogP contribution in [0.2, 0.25) is 0 Å². The topological polar surface area (TPSA) is 66.4 Å². The monoisotopic (exact) mass is 309 g/mol. The predicted molar refractivity (Wildman–Crippen MR) is 86.4 cm³/mol. The molecule has 21 heavy (non-hydrogen) atoms. The van der Waals surface area contributed by atoms with Crippen LogP contribution in [-0.2, 0) is 15.3 Å². The quantitative estimate of drug-likeness (QED) is 0.775. The summed E-state index contributed by atoms with van der Waals surface area (Å²) in [5, 5.41) is 11.7. The van der Waals surface area contributed by atoms with E-state index in [0.29, 0.717) is 6.42 Å². The molecule has 1 atom stereocenters. The number of aliphatic carboxylic acids is 1. The third-order valence-corrected chi connectivity index (χ3v) is 3.93. The highest BCUT2D eigenvalue weighted by Gasteiger charge is 2.20. The number of carboxylic acid groups (broad SMARTS) is 1. The number of carbonyl (C=O) groups is 2. The summed E-state index contributed by atoms with van der Waals surface area (Å²) in [7, 11) is 0. The number of thioether (sulfide) groups is 1. The van der Waals surface area contributed by atoms with E-state index in [1.165, 1.54) is 22.9 Å². The minimum Gasteiger partial charge on any atom is -0.480 e. The number of benzene rings is 1. The van der Waals surface area contributed by atoms with Crippen molar-refractivity contribution in [1.82, 2.24) is 5.32 Å². The van der Waals surface area contributed by atoms with E-state index in [1.54, 1.807) is 0 Å². The minimum absolute atomic E-state index is 0.222. The van der Waals surface area contributed by atoms with Gasteiger partial charge in [-0.15, -0.1) is 11.8 Å². The lowest BCUT2D eigenvalue weighted by Gasteiger charge is -2.16. The van der Waals surface area contributed by atoms with Gasteiger partial charge in [0.2, 0.25) is 5.91 Å². The summed E-state index contributed by atoms with van der Waals surface area (Å²) < 4.78 is 0. The number of aryl methyl sites for hydroxylation is 1. The van der Waals surface area contributed by atoms with Crippen LogP contribution in [0.4, 0.5) is 0 Å². The van der Waals surface area contributed by atoms with E-state index in [4.69, 9.17) is 5.11 Å². The molecule has 0 aliphatic heterocycles. The number of carbonyl (C=O) groups excluding carboxylic acids is 1. The van der Waals surface area contributed by atoms with Crippen LogP contribution in [0.3, 0.4) is 0 Å². The Morgan fingerprint density at radius 1 is 1.33 bits per heavy atom. The molecule has 1 aromatic carbocycles. The summed E-state index contributed by atoms with van der Waals surface area (Å²) in [5.41, 5.74) is 2.37. The van der Waals surface area contributed by atoms with Gasteiger partial charge >= 0.3 is 5.97 Å². The van der Waals surface area contributed by atoms with Gasteiger partial charge in [-0.1, -0.05) is 43.7 Å². The number of carboxylic acids is 1. The second-order valence-corrected chi connectivity index (χ2v) is 6.56. The fraction of sp³-hybridized carbons (Fsp3) is 0.500. The lowest BCUT2D eigenvalue weighted by molar-refractivity contribution is -0.141. The minimum atomic E-state index is -0.972. The van der Waals surface area contributed by atoms with Crippen LogP contribution < -0.4 is 5.32 Å². The lowest BCUT2D eigenvalue weighted by Crippen LogP contribution is -2.42. The van der Waals surface area contributed by atoms with Gasteiger partial charge in [0.1, 0.15) is 6.04 Å². The van der Waals surface area contributed by atoms with Crippen molar-refractivity contribution in [3.05, 3.63) is 35.4 Å². The Morgan fingerprint density at radius 2 is 2.05 bits per heavy atom. The standard InChI is InChI=1S/C16H23NO3S/c1-11(2)7-14(16(19)20)17-15(18)10-21-9-13-6-4-5-12(3)8-13/h4-6,8,11,14H,7,9-10H2,1-3H3,(H,17,18)(H,19,20)/t14-/m0/s1. The molecule has 116 valence electrons. The summed E-state index contributed by atoms with van der Waals surface area (Å²) in [6, 6.07) is 7.34. The van der Waals surface area contributed by atoms with Crippen LogP contribution >= 0.6 is 11.8 Å². The molecule has 0 aromatic heterocycles. The highest BCUT2D eigenvalue weighted by Crippen LogP contribution is 2.13. The summed E-state index contributed by atoms with van der Waals surface area (Å²) in [6.07, 6.45) is 0.448. The first kappa shape index (κ1) is 17.6. The van der Waals surface area contributed by atoms with Gasteiger partial charge in [-0.25, -0.2) is 4.79 Å². The molecule has 0 fully saturated rings. The van der Waals surface area contributed by atoms with Gasteiger partial charge in [0.15, 0.2) is 0 Å². The highest BCUT2D eigenvalue weighted by atomic mass is 32.2. The van der Waals surface area contributed by atoms with E-state index < -0.39 is 12.0 Å². The van der Waals surface area contributed by atoms with E-state index in [9.17, 15) is 9.59 Å². The molecule has 5 heteroatoms. The van der Waals surface area contributed by atoms with Crippen LogP contribution in [0.15, 0.2) is 24.3 Å². The maximum absolute atomic E-state index is 11.8. The van der Waals surface area contributed by atoms with Crippen molar-refractivity contribution >= 4 is 23.6 Å². The van der Waals surface area contributed by atoms with Crippen LogP contribution in [-0.4, -0.2) is 28.8 Å². The van der Waals surface area contributed by atoms with Crippen LogP contribution in [0.5, 0.6) is 0 Å². The number of nitrogens with one attached hydrogen (secondary N) is 1. The maximum Gasteiger partial charge on any atom is 0.326 e. The van der Waals surface area contributed by atoms with Gasteiger partial charge in [-0.3, -0.25) is 4.79 Å². The fourth-order valence-electron chi connectivity index (χ4n) is 1.99. The van der Waals surface area contributed by atoms with E-state index in [2.05, 4.69) is 11.4 Å². The average molecular weight is 309 g/mol.